The summed E-state index contributed by atoms with van der Waals surface area (Å²) in [6.45, 7) is 0. The van der Waals surface area contributed by atoms with E-state index >= 15 is 0 Å². The van der Waals surface area contributed by atoms with Gasteiger partial charge in [-0.05, 0) is 44.2 Å². The molecular formula is C25H27N7O3. The van der Waals surface area contributed by atoms with Crippen molar-refractivity contribution in [1.82, 2.24) is 29.3 Å². The zero-order valence-corrected chi connectivity index (χ0v) is 19.8. The number of likely N-dealkylation sites (tertiary alicyclic amines) is 1. The second-order valence-corrected chi connectivity index (χ2v) is 9.53. The van der Waals surface area contributed by atoms with E-state index in [2.05, 4.69) is 15.4 Å². The van der Waals surface area contributed by atoms with Gasteiger partial charge in [0.25, 0.3) is 5.91 Å². The number of ether oxygens (including phenoxy) is 1. The molecule has 180 valence electrons. The second-order valence-electron chi connectivity index (χ2n) is 9.53. The highest BCUT2D eigenvalue weighted by Gasteiger charge is 2.45. The summed E-state index contributed by atoms with van der Waals surface area (Å²) in [6, 6.07) is 5.67. The van der Waals surface area contributed by atoms with Crippen LogP contribution in [0.3, 0.4) is 0 Å². The van der Waals surface area contributed by atoms with Gasteiger partial charge in [0.15, 0.2) is 5.65 Å². The van der Waals surface area contributed by atoms with Gasteiger partial charge in [0.05, 0.1) is 30.4 Å². The number of anilines is 1. The molecule has 0 unspecified atom stereocenters. The predicted molar refractivity (Wildman–Crippen MR) is 129 cm³/mol. The Morgan fingerprint density at radius 1 is 1.23 bits per heavy atom. The van der Waals surface area contributed by atoms with Crippen LogP contribution in [0.15, 0.2) is 43.0 Å². The topological polar surface area (TPSA) is 107 Å². The first-order chi connectivity index (χ1) is 17.0. The number of methoxy groups -OCH3 is 1. The van der Waals surface area contributed by atoms with Crippen molar-refractivity contribution in [2.24, 2.45) is 0 Å². The molecule has 6 rings (SSSR count). The molecule has 35 heavy (non-hydrogen) atoms. The van der Waals surface area contributed by atoms with Gasteiger partial charge in [-0.2, -0.15) is 10.2 Å². The number of benzene rings is 1. The van der Waals surface area contributed by atoms with Crippen LogP contribution in [-0.2, 0) is 4.79 Å². The van der Waals surface area contributed by atoms with Crippen LogP contribution in [0.5, 0.6) is 5.75 Å². The fourth-order valence-electron chi connectivity index (χ4n) is 5.64. The summed E-state index contributed by atoms with van der Waals surface area (Å²) in [5, 5.41) is 12.8. The number of amides is 2. The summed E-state index contributed by atoms with van der Waals surface area (Å²) >= 11 is 0. The van der Waals surface area contributed by atoms with E-state index in [-0.39, 0.29) is 23.4 Å². The van der Waals surface area contributed by atoms with Crippen LogP contribution in [0.4, 0.5) is 5.69 Å². The first-order valence-corrected chi connectivity index (χ1v) is 11.9. The zero-order chi connectivity index (χ0) is 24.2. The minimum atomic E-state index is -0.300. The average Bonchev–Trinajstić information content (AvgIpc) is 3.56. The van der Waals surface area contributed by atoms with Gasteiger partial charge in [-0.1, -0.05) is 0 Å². The number of fused-ring (bicyclic) bond motifs is 2. The molecule has 2 aliphatic rings. The van der Waals surface area contributed by atoms with E-state index < -0.39 is 0 Å². The van der Waals surface area contributed by atoms with Crippen LogP contribution in [0.25, 0.3) is 16.6 Å². The van der Waals surface area contributed by atoms with Gasteiger partial charge in [0, 0.05) is 49.1 Å². The monoisotopic (exact) mass is 473 g/mol. The highest BCUT2D eigenvalue weighted by Crippen LogP contribution is 2.44. The fraction of sp³-hybridized carbons (Fsp3) is 0.400. The molecular weight excluding hydrogens is 446 g/mol. The Hall–Kier alpha value is -3.95. The van der Waals surface area contributed by atoms with Crippen molar-refractivity contribution in [1.29, 1.82) is 0 Å². The number of rotatable bonds is 4. The Bertz CT molecular complexity index is 1450. The standard InChI is InChI=1S/C25H27N7O3/c1-30-22(33)6-9-25(30)7-4-17(5-8-25)32-15-16-12-18(21(35-2)13-19(16)29-32)24(34)28-20-14-27-31-11-3-10-26-23(20)31/h3,10-15,17H,4-9H2,1-2H3,(H,28,34). The van der Waals surface area contributed by atoms with E-state index in [1.165, 1.54) is 0 Å². The van der Waals surface area contributed by atoms with E-state index in [0.29, 0.717) is 29.1 Å². The fourth-order valence-corrected chi connectivity index (χ4v) is 5.64. The Morgan fingerprint density at radius 3 is 2.80 bits per heavy atom. The summed E-state index contributed by atoms with van der Waals surface area (Å²) < 4.78 is 9.16. The number of nitrogens with zero attached hydrogens (tertiary/aromatic N) is 6. The molecule has 10 heteroatoms. The lowest BCUT2D eigenvalue weighted by atomic mass is 9.78. The van der Waals surface area contributed by atoms with Crippen molar-refractivity contribution in [3.63, 3.8) is 0 Å². The predicted octanol–water partition coefficient (Wildman–Crippen LogP) is 3.45. The van der Waals surface area contributed by atoms with E-state index in [4.69, 9.17) is 9.84 Å². The Labute approximate surface area is 201 Å². The molecule has 4 aromatic rings. The third-order valence-corrected chi connectivity index (χ3v) is 7.77. The molecule has 0 bridgehead atoms. The van der Waals surface area contributed by atoms with Gasteiger partial charge < -0.3 is 15.0 Å². The molecule has 3 aromatic heterocycles. The number of carbonyl (C=O) groups is 2. The van der Waals surface area contributed by atoms with Gasteiger partial charge in [0.1, 0.15) is 11.4 Å². The zero-order valence-electron chi connectivity index (χ0n) is 19.8. The number of carbonyl (C=O) groups excluding carboxylic acids is 2. The Kier molecular flexibility index (Phi) is 4.98. The summed E-state index contributed by atoms with van der Waals surface area (Å²) in [7, 11) is 3.49. The van der Waals surface area contributed by atoms with E-state index in [9.17, 15) is 9.59 Å². The Morgan fingerprint density at radius 2 is 2.06 bits per heavy atom. The molecule has 1 N–H and O–H groups in total. The minimum absolute atomic E-state index is 0.0155. The van der Waals surface area contributed by atoms with Crippen LogP contribution in [0.2, 0.25) is 0 Å². The third kappa shape index (κ3) is 3.51. The molecule has 0 radical (unpaired) electrons. The lowest BCUT2D eigenvalue weighted by Crippen LogP contribution is -2.46. The van der Waals surface area contributed by atoms with Gasteiger partial charge in [-0.25, -0.2) is 9.50 Å². The molecule has 1 aromatic carbocycles. The molecule has 1 saturated heterocycles. The van der Waals surface area contributed by atoms with Crippen LogP contribution < -0.4 is 10.1 Å². The molecule has 10 nitrogen and oxygen atoms in total. The maximum Gasteiger partial charge on any atom is 0.259 e. The van der Waals surface area contributed by atoms with Crippen molar-refractivity contribution in [3.8, 4) is 5.75 Å². The van der Waals surface area contributed by atoms with Crippen molar-refractivity contribution < 1.29 is 14.3 Å². The number of nitrogens with one attached hydrogen (secondary N) is 1. The van der Waals surface area contributed by atoms with Crippen molar-refractivity contribution >= 4 is 34.1 Å². The lowest BCUT2D eigenvalue weighted by Gasteiger charge is -2.42. The summed E-state index contributed by atoms with van der Waals surface area (Å²) in [6.07, 6.45) is 12.5. The number of hydrogen-bond donors (Lipinski definition) is 1. The molecule has 1 spiro atoms. The van der Waals surface area contributed by atoms with Gasteiger partial charge in [0.2, 0.25) is 5.91 Å². The Balaban J connectivity index is 1.25. The average molecular weight is 474 g/mol. The van der Waals surface area contributed by atoms with Crippen LogP contribution in [0, 0.1) is 0 Å². The van der Waals surface area contributed by atoms with Gasteiger partial charge >= 0.3 is 0 Å². The van der Waals surface area contributed by atoms with Gasteiger partial charge in [-0.15, -0.1) is 0 Å². The van der Waals surface area contributed by atoms with E-state index in [1.54, 1.807) is 36.3 Å². The maximum absolute atomic E-state index is 13.2. The van der Waals surface area contributed by atoms with Crippen LogP contribution in [0.1, 0.15) is 54.9 Å². The first kappa shape index (κ1) is 21.6. The summed E-state index contributed by atoms with van der Waals surface area (Å²) in [5.74, 6) is 0.412. The third-order valence-electron chi connectivity index (χ3n) is 7.77. The SMILES string of the molecule is COc1cc2nn(C3CCC4(CCC(=O)N4C)CC3)cc2cc1C(=O)Nc1cnn2cccnc12. The molecule has 1 aliphatic carbocycles. The van der Waals surface area contributed by atoms with E-state index in [0.717, 1.165) is 43.0 Å². The first-order valence-electron chi connectivity index (χ1n) is 11.9. The van der Waals surface area contributed by atoms with Crippen LogP contribution in [-0.4, -0.2) is 60.8 Å². The quantitative estimate of drug-likeness (QED) is 0.487. The highest BCUT2D eigenvalue weighted by molar-refractivity contribution is 6.09. The maximum atomic E-state index is 13.2. The molecule has 2 amide bonds. The van der Waals surface area contributed by atoms with Crippen molar-refractivity contribution in [3.05, 3.63) is 48.5 Å². The van der Waals surface area contributed by atoms with Crippen molar-refractivity contribution in [2.75, 3.05) is 19.5 Å². The lowest BCUT2D eigenvalue weighted by molar-refractivity contribution is -0.130. The van der Waals surface area contributed by atoms with Crippen molar-refractivity contribution in [2.45, 2.75) is 50.1 Å². The summed E-state index contributed by atoms with van der Waals surface area (Å²) in [4.78, 5) is 31.5. The van der Waals surface area contributed by atoms with Crippen LogP contribution >= 0.6 is 0 Å². The molecule has 2 fully saturated rings. The second kappa shape index (κ2) is 8.07. The number of aromatic nitrogens is 5. The summed E-state index contributed by atoms with van der Waals surface area (Å²) in [5.41, 5.74) is 2.31. The molecule has 1 aliphatic heterocycles. The van der Waals surface area contributed by atoms with Gasteiger partial charge in [-0.3, -0.25) is 14.3 Å². The molecule has 0 atom stereocenters. The highest BCUT2D eigenvalue weighted by atomic mass is 16.5. The minimum Gasteiger partial charge on any atom is -0.496 e. The smallest absolute Gasteiger partial charge is 0.259 e. The van der Waals surface area contributed by atoms with E-state index in [1.807, 2.05) is 35.0 Å². The number of hydrogen-bond acceptors (Lipinski definition) is 6. The normalized spacial score (nSPS) is 22.4. The molecule has 1 saturated carbocycles. The largest absolute Gasteiger partial charge is 0.496 e. The molecule has 4 heterocycles.